The van der Waals surface area contributed by atoms with E-state index in [2.05, 4.69) is 20.3 Å². The van der Waals surface area contributed by atoms with Crippen LogP contribution in [0.5, 0.6) is 0 Å². The quantitative estimate of drug-likeness (QED) is 0.463. The monoisotopic (exact) mass is 407 g/mol. The molecule has 3 N–H and O–H groups in total. The Labute approximate surface area is 170 Å². The Morgan fingerprint density at radius 1 is 1.13 bits per heavy atom. The highest BCUT2D eigenvalue weighted by Gasteiger charge is 2.20. The zero-order valence-corrected chi connectivity index (χ0v) is 16.2. The second-order valence-electron chi connectivity index (χ2n) is 7.23. The maximum Gasteiger partial charge on any atom is 0.335 e. The SMILES string of the molecule is CC(C)(O)c1cccc(-n2cc(F)c3cnc(Nc4ccc(C(=O)O)cc4)nc32)n1. The largest absolute Gasteiger partial charge is 0.478 e. The molecular weight excluding hydrogens is 389 g/mol. The molecule has 0 aliphatic heterocycles. The van der Waals surface area contributed by atoms with Crippen molar-refractivity contribution in [2.24, 2.45) is 0 Å². The van der Waals surface area contributed by atoms with Gasteiger partial charge in [0.25, 0.3) is 0 Å². The standard InChI is InChI=1S/C21H18FN5O3/c1-21(2,30)16-4-3-5-17(25-16)27-11-15(22)14-10-23-20(26-18(14)27)24-13-8-6-12(7-9-13)19(28)29/h3-11,30H,1-2H3,(H,28,29)(H,23,24,26). The molecule has 0 saturated heterocycles. The molecule has 9 heteroatoms. The second-order valence-corrected chi connectivity index (χ2v) is 7.23. The van der Waals surface area contributed by atoms with E-state index in [0.29, 0.717) is 22.8 Å². The normalized spacial score (nSPS) is 11.6. The fourth-order valence-corrected chi connectivity index (χ4v) is 2.93. The minimum absolute atomic E-state index is 0.158. The van der Waals surface area contributed by atoms with Crippen molar-refractivity contribution < 1.29 is 19.4 Å². The molecule has 3 heterocycles. The Balaban J connectivity index is 1.73. The molecule has 0 radical (unpaired) electrons. The molecule has 0 spiro atoms. The lowest BCUT2D eigenvalue weighted by molar-refractivity contribution is 0.0695. The summed E-state index contributed by atoms with van der Waals surface area (Å²) >= 11 is 0. The van der Waals surface area contributed by atoms with E-state index in [4.69, 9.17) is 5.11 Å². The topological polar surface area (TPSA) is 113 Å². The molecule has 30 heavy (non-hydrogen) atoms. The predicted octanol–water partition coefficient (Wildman–Crippen LogP) is 3.62. The fourth-order valence-electron chi connectivity index (χ4n) is 2.93. The van der Waals surface area contributed by atoms with Crippen molar-refractivity contribution in [2.45, 2.75) is 19.4 Å². The molecule has 152 valence electrons. The summed E-state index contributed by atoms with van der Waals surface area (Å²) in [6.45, 7) is 3.24. The summed E-state index contributed by atoms with van der Waals surface area (Å²) in [6.07, 6.45) is 2.63. The van der Waals surface area contributed by atoms with Crippen molar-refractivity contribution in [3.05, 3.63) is 71.9 Å². The molecule has 0 aliphatic rings. The first kappa shape index (κ1) is 19.5. The smallest absolute Gasteiger partial charge is 0.335 e. The van der Waals surface area contributed by atoms with Crippen LogP contribution < -0.4 is 5.32 Å². The number of aromatic nitrogens is 4. The van der Waals surface area contributed by atoms with Crippen molar-refractivity contribution in [2.75, 3.05) is 5.32 Å². The summed E-state index contributed by atoms with van der Waals surface area (Å²) in [7, 11) is 0. The van der Waals surface area contributed by atoms with Gasteiger partial charge in [0.2, 0.25) is 5.95 Å². The molecule has 4 aromatic rings. The van der Waals surface area contributed by atoms with Gasteiger partial charge in [-0.05, 0) is 50.2 Å². The minimum Gasteiger partial charge on any atom is -0.478 e. The summed E-state index contributed by atoms with van der Waals surface area (Å²) in [5, 5.41) is 22.4. The minimum atomic E-state index is -1.15. The number of halogens is 1. The molecule has 0 unspecified atom stereocenters. The number of aromatic carboxylic acids is 1. The van der Waals surface area contributed by atoms with Crippen LogP contribution in [0.15, 0.2) is 54.9 Å². The lowest BCUT2D eigenvalue weighted by Gasteiger charge is -2.17. The maximum absolute atomic E-state index is 14.5. The van der Waals surface area contributed by atoms with E-state index < -0.39 is 17.4 Å². The van der Waals surface area contributed by atoms with Crippen LogP contribution in [0.25, 0.3) is 16.9 Å². The Hall–Kier alpha value is -3.85. The van der Waals surface area contributed by atoms with Gasteiger partial charge in [-0.1, -0.05) is 6.07 Å². The zero-order chi connectivity index (χ0) is 21.5. The van der Waals surface area contributed by atoms with Gasteiger partial charge in [0, 0.05) is 18.1 Å². The average Bonchev–Trinajstić information content (AvgIpc) is 3.04. The van der Waals surface area contributed by atoms with Gasteiger partial charge in [-0.15, -0.1) is 0 Å². The number of carboxylic acids is 1. The first-order valence-corrected chi connectivity index (χ1v) is 9.06. The second kappa shape index (κ2) is 7.20. The predicted molar refractivity (Wildman–Crippen MR) is 109 cm³/mol. The molecule has 3 aromatic heterocycles. The van der Waals surface area contributed by atoms with E-state index >= 15 is 0 Å². The summed E-state index contributed by atoms with van der Waals surface area (Å²) in [4.78, 5) is 23.9. The van der Waals surface area contributed by atoms with E-state index in [0.717, 1.165) is 0 Å². The Morgan fingerprint density at radius 3 is 2.53 bits per heavy atom. The number of anilines is 2. The first-order chi connectivity index (χ1) is 14.2. The molecule has 8 nitrogen and oxygen atoms in total. The summed E-state index contributed by atoms with van der Waals surface area (Å²) < 4.78 is 15.9. The summed E-state index contributed by atoms with van der Waals surface area (Å²) in [5.41, 5.74) is 0.327. The third-order valence-electron chi connectivity index (χ3n) is 4.49. The number of carboxylic acid groups (broad SMARTS) is 1. The zero-order valence-electron chi connectivity index (χ0n) is 16.2. The van der Waals surface area contributed by atoms with E-state index in [9.17, 15) is 14.3 Å². The number of hydrogen-bond donors (Lipinski definition) is 3. The van der Waals surface area contributed by atoms with Crippen LogP contribution in [0.2, 0.25) is 0 Å². The molecule has 4 rings (SSSR count). The Morgan fingerprint density at radius 2 is 1.87 bits per heavy atom. The van der Waals surface area contributed by atoms with Crippen LogP contribution in [0, 0.1) is 5.82 Å². The number of fused-ring (bicyclic) bond motifs is 1. The highest BCUT2D eigenvalue weighted by Crippen LogP contribution is 2.25. The van der Waals surface area contributed by atoms with Crippen molar-refractivity contribution in [3.63, 3.8) is 0 Å². The number of aliphatic hydroxyl groups is 1. The van der Waals surface area contributed by atoms with Crippen molar-refractivity contribution in [1.29, 1.82) is 0 Å². The van der Waals surface area contributed by atoms with Gasteiger partial charge >= 0.3 is 5.97 Å². The van der Waals surface area contributed by atoms with Gasteiger partial charge in [0.05, 0.1) is 16.6 Å². The van der Waals surface area contributed by atoms with Crippen LogP contribution in [0.3, 0.4) is 0 Å². The maximum atomic E-state index is 14.5. The molecular formula is C21H18FN5O3. The number of carbonyl (C=O) groups is 1. The number of nitrogens with one attached hydrogen (secondary N) is 1. The molecule has 0 amide bonds. The molecule has 0 atom stereocenters. The lowest BCUT2D eigenvalue weighted by Crippen LogP contribution is -2.18. The number of nitrogens with zero attached hydrogens (tertiary/aromatic N) is 4. The third kappa shape index (κ3) is 3.70. The molecule has 1 aromatic carbocycles. The van der Waals surface area contributed by atoms with E-state index in [1.54, 1.807) is 44.2 Å². The number of rotatable bonds is 5. The lowest BCUT2D eigenvalue weighted by atomic mass is 10.1. The molecule has 0 saturated carbocycles. The van der Waals surface area contributed by atoms with Crippen LogP contribution in [0.1, 0.15) is 29.9 Å². The van der Waals surface area contributed by atoms with Gasteiger partial charge in [-0.2, -0.15) is 4.98 Å². The van der Waals surface area contributed by atoms with Crippen LogP contribution >= 0.6 is 0 Å². The van der Waals surface area contributed by atoms with Crippen LogP contribution in [-0.2, 0) is 5.60 Å². The van der Waals surface area contributed by atoms with Gasteiger partial charge < -0.3 is 15.5 Å². The van der Waals surface area contributed by atoms with Gasteiger partial charge in [-0.3, -0.25) is 4.57 Å². The Kier molecular flexibility index (Phi) is 4.67. The average molecular weight is 407 g/mol. The van der Waals surface area contributed by atoms with Crippen LogP contribution in [-0.4, -0.2) is 35.7 Å². The molecule has 0 aliphatic carbocycles. The van der Waals surface area contributed by atoms with Gasteiger partial charge in [0.15, 0.2) is 11.5 Å². The van der Waals surface area contributed by atoms with Crippen molar-refractivity contribution in [3.8, 4) is 5.82 Å². The van der Waals surface area contributed by atoms with E-state index in [1.165, 1.54) is 29.1 Å². The van der Waals surface area contributed by atoms with Crippen molar-refractivity contribution in [1.82, 2.24) is 19.5 Å². The van der Waals surface area contributed by atoms with Crippen LogP contribution in [0.4, 0.5) is 16.0 Å². The highest BCUT2D eigenvalue weighted by molar-refractivity contribution is 5.88. The summed E-state index contributed by atoms with van der Waals surface area (Å²) in [5.74, 6) is -0.909. The number of hydrogen-bond acceptors (Lipinski definition) is 6. The first-order valence-electron chi connectivity index (χ1n) is 9.06. The van der Waals surface area contributed by atoms with Gasteiger partial charge in [0.1, 0.15) is 11.4 Å². The number of benzene rings is 1. The van der Waals surface area contributed by atoms with Crippen molar-refractivity contribution >= 4 is 28.6 Å². The third-order valence-corrected chi connectivity index (χ3v) is 4.49. The summed E-state index contributed by atoms with van der Waals surface area (Å²) in [6, 6.07) is 11.2. The molecule has 0 fully saturated rings. The van der Waals surface area contributed by atoms with E-state index in [1.807, 2.05) is 0 Å². The van der Waals surface area contributed by atoms with Gasteiger partial charge in [-0.25, -0.2) is 19.2 Å². The highest BCUT2D eigenvalue weighted by atomic mass is 19.1. The van der Waals surface area contributed by atoms with E-state index in [-0.39, 0.29) is 16.9 Å². The fraction of sp³-hybridized carbons (Fsp3) is 0.143. The molecule has 0 bridgehead atoms. The number of pyridine rings is 1. The Bertz CT molecular complexity index is 1250.